The predicted octanol–water partition coefficient (Wildman–Crippen LogP) is 3.10. The van der Waals surface area contributed by atoms with E-state index < -0.39 is 10.8 Å². The SMILES string of the molecule is CCNC(=NCCCOc1ccc(OC)cc1)NC1CCCC(S(=O)CC)C1. The van der Waals surface area contributed by atoms with Gasteiger partial charge in [0.25, 0.3) is 0 Å². The molecule has 6 nitrogen and oxygen atoms in total. The first-order chi connectivity index (χ1) is 13.7. The van der Waals surface area contributed by atoms with Crippen molar-refractivity contribution >= 4 is 16.8 Å². The molecular formula is C21H35N3O3S. The molecule has 3 atom stereocenters. The minimum atomic E-state index is -0.706. The van der Waals surface area contributed by atoms with Crippen LogP contribution in [-0.4, -0.2) is 54.0 Å². The molecule has 0 aromatic heterocycles. The van der Waals surface area contributed by atoms with Crippen molar-refractivity contribution in [1.29, 1.82) is 0 Å². The van der Waals surface area contributed by atoms with Crippen LogP contribution in [0.25, 0.3) is 0 Å². The van der Waals surface area contributed by atoms with Gasteiger partial charge in [0.2, 0.25) is 0 Å². The molecular weight excluding hydrogens is 374 g/mol. The number of nitrogens with one attached hydrogen (secondary N) is 2. The van der Waals surface area contributed by atoms with Crippen molar-refractivity contribution in [2.24, 2.45) is 4.99 Å². The van der Waals surface area contributed by atoms with Gasteiger partial charge >= 0.3 is 0 Å². The summed E-state index contributed by atoms with van der Waals surface area (Å²) in [4.78, 5) is 4.67. The predicted molar refractivity (Wildman–Crippen MR) is 117 cm³/mol. The van der Waals surface area contributed by atoms with E-state index in [0.29, 0.717) is 24.4 Å². The molecule has 2 N–H and O–H groups in total. The van der Waals surface area contributed by atoms with E-state index in [4.69, 9.17) is 9.47 Å². The molecule has 0 amide bonds. The van der Waals surface area contributed by atoms with Crippen LogP contribution in [0.1, 0.15) is 46.0 Å². The van der Waals surface area contributed by atoms with Crippen molar-refractivity contribution in [3.63, 3.8) is 0 Å². The van der Waals surface area contributed by atoms with Crippen LogP contribution in [0.3, 0.4) is 0 Å². The summed E-state index contributed by atoms with van der Waals surface area (Å²) in [5.74, 6) is 3.26. The lowest BCUT2D eigenvalue weighted by molar-refractivity contribution is 0.312. The number of methoxy groups -OCH3 is 1. The van der Waals surface area contributed by atoms with Crippen LogP contribution < -0.4 is 20.1 Å². The van der Waals surface area contributed by atoms with E-state index in [-0.39, 0.29) is 0 Å². The van der Waals surface area contributed by atoms with E-state index in [1.54, 1.807) is 7.11 Å². The lowest BCUT2D eigenvalue weighted by Crippen LogP contribution is -2.46. The summed E-state index contributed by atoms with van der Waals surface area (Å²) < 4.78 is 23.0. The van der Waals surface area contributed by atoms with Gasteiger partial charge in [-0.2, -0.15) is 0 Å². The average molecular weight is 410 g/mol. The molecule has 7 heteroatoms. The Bertz CT molecular complexity index is 622. The summed E-state index contributed by atoms with van der Waals surface area (Å²) in [7, 11) is 0.947. The third kappa shape index (κ3) is 7.70. The Hall–Kier alpha value is -1.76. The molecule has 1 fully saturated rings. The molecule has 0 saturated heterocycles. The zero-order valence-electron chi connectivity index (χ0n) is 17.4. The van der Waals surface area contributed by atoms with Gasteiger partial charge < -0.3 is 20.1 Å². The summed E-state index contributed by atoms with van der Waals surface area (Å²) in [6.45, 7) is 6.22. The highest BCUT2D eigenvalue weighted by atomic mass is 32.2. The summed E-state index contributed by atoms with van der Waals surface area (Å²) in [5.41, 5.74) is 0. The van der Waals surface area contributed by atoms with Gasteiger partial charge in [0, 0.05) is 47.4 Å². The number of hydrogen-bond donors (Lipinski definition) is 2. The number of rotatable bonds is 10. The van der Waals surface area contributed by atoms with E-state index in [1.807, 2.05) is 31.2 Å². The molecule has 0 heterocycles. The average Bonchev–Trinajstić information content (AvgIpc) is 2.73. The summed E-state index contributed by atoms with van der Waals surface area (Å²) in [6.07, 6.45) is 5.13. The van der Waals surface area contributed by atoms with Crippen LogP contribution in [0.4, 0.5) is 0 Å². The molecule has 0 aliphatic heterocycles. The van der Waals surface area contributed by atoms with Crippen LogP contribution in [0, 0.1) is 0 Å². The van der Waals surface area contributed by atoms with Crippen LogP contribution >= 0.6 is 0 Å². The minimum absolute atomic E-state index is 0.317. The van der Waals surface area contributed by atoms with Crippen molar-refractivity contribution in [3.8, 4) is 11.5 Å². The quantitative estimate of drug-likeness (QED) is 0.353. The van der Waals surface area contributed by atoms with Gasteiger partial charge in [-0.1, -0.05) is 13.3 Å². The highest BCUT2D eigenvalue weighted by Gasteiger charge is 2.25. The van der Waals surface area contributed by atoms with E-state index in [1.165, 1.54) is 0 Å². The maximum absolute atomic E-state index is 12.1. The zero-order chi connectivity index (χ0) is 20.2. The summed E-state index contributed by atoms with van der Waals surface area (Å²) >= 11 is 0. The Labute approximate surface area is 171 Å². The number of benzene rings is 1. The highest BCUT2D eigenvalue weighted by Crippen LogP contribution is 2.23. The Morgan fingerprint density at radius 3 is 2.64 bits per heavy atom. The molecule has 1 saturated carbocycles. The van der Waals surface area contributed by atoms with E-state index in [0.717, 1.165) is 61.9 Å². The zero-order valence-corrected chi connectivity index (χ0v) is 18.2. The number of nitrogens with zero attached hydrogens (tertiary/aromatic N) is 1. The molecule has 2 rings (SSSR count). The first-order valence-corrected chi connectivity index (χ1v) is 11.7. The number of hydrogen-bond acceptors (Lipinski definition) is 4. The topological polar surface area (TPSA) is 72.0 Å². The first-order valence-electron chi connectivity index (χ1n) is 10.3. The monoisotopic (exact) mass is 409 g/mol. The Morgan fingerprint density at radius 2 is 1.96 bits per heavy atom. The van der Waals surface area contributed by atoms with Crippen LogP contribution in [0.2, 0.25) is 0 Å². The molecule has 0 radical (unpaired) electrons. The third-order valence-electron chi connectivity index (χ3n) is 4.87. The molecule has 158 valence electrons. The smallest absolute Gasteiger partial charge is 0.191 e. The second-order valence-corrected chi connectivity index (χ2v) is 8.94. The molecule has 1 aromatic carbocycles. The van der Waals surface area contributed by atoms with Crippen LogP contribution in [0.5, 0.6) is 11.5 Å². The number of aliphatic imine (C=N–C) groups is 1. The molecule has 0 bridgehead atoms. The van der Waals surface area contributed by atoms with Crippen molar-refractivity contribution in [3.05, 3.63) is 24.3 Å². The van der Waals surface area contributed by atoms with Crippen molar-refractivity contribution in [1.82, 2.24) is 10.6 Å². The van der Waals surface area contributed by atoms with Gasteiger partial charge in [-0.05, 0) is 50.5 Å². The Balaban J connectivity index is 1.75. The Kier molecular flexibility index (Phi) is 10.2. The largest absolute Gasteiger partial charge is 0.497 e. The van der Waals surface area contributed by atoms with E-state index >= 15 is 0 Å². The van der Waals surface area contributed by atoms with Crippen LogP contribution in [0.15, 0.2) is 29.3 Å². The second kappa shape index (κ2) is 12.6. The van der Waals surface area contributed by atoms with Gasteiger partial charge in [0.15, 0.2) is 5.96 Å². The van der Waals surface area contributed by atoms with Gasteiger partial charge in [-0.3, -0.25) is 9.20 Å². The normalized spacial score (nSPS) is 21.0. The van der Waals surface area contributed by atoms with Gasteiger partial charge in [-0.25, -0.2) is 0 Å². The van der Waals surface area contributed by atoms with E-state index in [9.17, 15) is 4.21 Å². The lowest BCUT2D eigenvalue weighted by Gasteiger charge is -2.30. The maximum atomic E-state index is 12.1. The lowest BCUT2D eigenvalue weighted by atomic mass is 9.95. The fourth-order valence-corrected chi connectivity index (χ4v) is 4.73. The van der Waals surface area contributed by atoms with E-state index in [2.05, 4.69) is 22.5 Å². The Morgan fingerprint density at radius 1 is 1.21 bits per heavy atom. The number of guanidine groups is 1. The van der Waals surface area contributed by atoms with Crippen molar-refractivity contribution in [2.45, 2.75) is 57.2 Å². The van der Waals surface area contributed by atoms with Gasteiger partial charge in [0.1, 0.15) is 11.5 Å². The summed E-state index contributed by atoms with van der Waals surface area (Å²) in [6, 6.07) is 7.96. The first kappa shape index (κ1) is 22.5. The third-order valence-corrected chi connectivity index (χ3v) is 6.61. The summed E-state index contributed by atoms with van der Waals surface area (Å²) in [5, 5.41) is 7.17. The molecule has 28 heavy (non-hydrogen) atoms. The second-order valence-electron chi connectivity index (χ2n) is 6.94. The number of ether oxygens (including phenoxy) is 2. The van der Waals surface area contributed by atoms with Gasteiger partial charge in [-0.15, -0.1) is 0 Å². The molecule has 1 aliphatic rings. The highest BCUT2D eigenvalue weighted by molar-refractivity contribution is 7.85. The molecule has 1 aliphatic carbocycles. The fraction of sp³-hybridized carbons (Fsp3) is 0.667. The molecule has 3 unspecified atom stereocenters. The van der Waals surface area contributed by atoms with Crippen LogP contribution in [-0.2, 0) is 10.8 Å². The van der Waals surface area contributed by atoms with Crippen molar-refractivity contribution in [2.75, 3.05) is 32.6 Å². The maximum Gasteiger partial charge on any atom is 0.191 e. The molecule has 0 spiro atoms. The molecule has 1 aromatic rings. The fourth-order valence-electron chi connectivity index (χ4n) is 3.38. The minimum Gasteiger partial charge on any atom is -0.497 e. The standard InChI is InChI=1S/C21H35N3O3S/c1-4-22-21(24-17-8-6-9-20(16-17)28(25)5-2)23-14-7-15-27-19-12-10-18(26-3)11-13-19/h10-13,17,20H,4-9,14-16H2,1-3H3,(H2,22,23,24). The van der Waals surface area contributed by atoms with Crippen molar-refractivity contribution < 1.29 is 13.7 Å². The van der Waals surface area contributed by atoms with Gasteiger partial charge in [0.05, 0.1) is 13.7 Å².